The molecular weight excluding hydrogens is 412 g/mol. The summed E-state index contributed by atoms with van der Waals surface area (Å²) in [7, 11) is 0. The standard InChI is InChI=1S/C24H46N2O6/c1-2-3-4-5-6-7-12-22(24(32)26(15-10-19-29)16-11-20-30)21-23(31)25(13-8-17-27)14-9-18-28/h7,12,22,27-30H,2-6,8-11,13-21H2,1H3. The van der Waals surface area contributed by atoms with E-state index in [0.717, 1.165) is 25.7 Å². The van der Waals surface area contributed by atoms with Gasteiger partial charge in [0.25, 0.3) is 0 Å². The molecule has 0 rings (SSSR count). The van der Waals surface area contributed by atoms with Crippen LogP contribution in [0.5, 0.6) is 0 Å². The summed E-state index contributed by atoms with van der Waals surface area (Å²) in [5.41, 5.74) is 0. The number of carbonyl (C=O) groups excluding carboxylic acids is 2. The molecule has 1 unspecified atom stereocenters. The highest BCUT2D eigenvalue weighted by Crippen LogP contribution is 2.16. The van der Waals surface area contributed by atoms with E-state index in [1.54, 1.807) is 9.80 Å². The molecule has 0 saturated carbocycles. The Hall–Kier alpha value is -1.48. The number of hydrogen-bond acceptors (Lipinski definition) is 6. The summed E-state index contributed by atoms with van der Waals surface area (Å²) < 4.78 is 0. The van der Waals surface area contributed by atoms with Crippen LogP contribution in [0.4, 0.5) is 0 Å². The molecule has 4 N–H and O–H groups in total. The normalized spacial score (nSPS) is 12.3. The fraction of sp³-hybridized carbons (Fsp3) is 0.833. The molecule has 0 aliphatic heterocycles. The van der Waals surface area contributed by atoms with Crippen molar-refractivity contribution in [3.8, 4) is 0 Å². The number of aliphatic hydroxyl groups excluding tert-OH is 4. The Morgan fingerprint density at radius 3 is 1.69 bits per heavy atom. The minimum absolute atomic E-state index is 0.0237. The summed E-state index contributed by atoms with van der Waals surface area (Å²) in [5, 5.41) is 36.6. The van der Waals surface area contributed by atoms with E-state index in [2.05, 4.69) is 6.92 Å². The molecule has 0 heterocycles. The van der Waals surface area contributed by atoms with Crippen molar-refractivity contribution in [2.75, 3.05) is 52.6 Å². The molecular formula is C24H46N2O6. The number of amides is 2. The van der Waals surface area contributed by atoms with Crippen LogP contribution >= 0.6 is 0 Å². The lowest BCUT2D eigenvalue weighted by atomic mass is 10.00. The van der Waals surface area contributed by atoms with Gasteiger partial charge in [-0.15, -0.1) is 0 Å². The number of allylic oxidation sites excluding steroid dienone is 1. The van der Waals surface area contributed by atoms with Crippen LogP contribution in [0.2, 0.25) is 0 Å². The van der Waals surface area contributed by atoms with Crippen molar-refractivity contribution < 1.29 is 30.0 Å². The highest BCUT2D eigenvalue weighted by atomic mass is 16.3. The van der Waals surface area contributed by atoms with Crippen molar-refractivity contribution in [2.45, 2.75) is 71.1 Å². The lowest BCUT2D eigenvalue weighted by molar-refractivity contribution is -0.140. The van der Waals surface area contributed by atoms with Crippen molar-refractivity contribution in [1.29, 1.82) is 0 Å². The molecule has 8 heteroatoms. The topological polar surface area (TPSA) is 122 Å². The molecule has 0 aromatic heterocycles. The first-order valence-corrected chi connectivity index (χ1v) is 12.2. The van der Waals surface area contributed by atoms with Gasteiger partial charge in [0, 0.05) is 59.0 Å². The first-order chi connectivity index (χ1) is 15.5. The smallest absolute Gasteiger partial charge is 0.230 e. The van der Waals surface area contributed by atoms with Crippen molar-refractivity contribution in [3.05, 3.63) is 12.2 Å². The number of rotatable bonds is 21. The zero-order valence-corrected chi connectivity index (χ0v) is 20.0. The molecule has 2 amide bonds. The predicted molar refractivity (Wildman–Crippen MR) is 126 cm³/mol. The van der Waals surface area contributed by atoms with E-state index in [4.69, 9.17) is 10.2 Å². The largest absolute Gasteiger partial charge is 0.396 e. The minimum atomic E-state index is -0.614. The third-order valence-electron chi connectivity index (χ3n) is 5.31. The van der Waals surface area contributed by atoms with Crippen molar-refractivity contribution >= 4 is 11.8 Å². The summed E-state index contributed by atoms with van der Waals surface area (Å²) in [6, 6.07) is 0. The second kappa shape index (κ2) is 21.4. The fourth-order valence-corrected chi connectivity index (χ4v) is 3.48. The quantitative estimate of drug-likeness (QED) is 0.153. The number of carbonyl (C=O) groups is 2. The molecule has 0 bridgehead atoms. The van der Waals surface area contributed by atoms with E-state index in [9.17, 15) is 19.8 Å². The molecule has 0 fully saturated rings. The third kappa shape index (κ3) is 14.6. The molecule has 188 valence electrons. The first kappa shape index (κ1) is 30.5. The van der Waals surface area contributed by atoms with Gasteiger partial charge in [0.1, 0.15) is 0 Å². The summed E-state index contributed by atoms with van der Waals surface area (Å²) in [5.74, 6) is -0.962. The van der Waals surface area contributed by atoms with E-state index < -0.39 is 5.92 Å². The Labute approximate surface area is 193 Å². The SMILES string of the molecule is CCCCCCC=CC(CC(=O)N(CCCO)CCCO)C(=O)N(CCCO)CCCO. The minimum Gasteiger partial charge on any atom is -0.396 e. The summed E-state index contributed by atoms with van der Waals surface area (Å²) in [4.78, 5) is 29.5. The van der Waals surface area contributed by atoms with Gasteiger partial charge in [0.2, 0.25) is 11.8 Å². The van der Waals surface area contributed by atoms with Gasteiger partial charge in [-0.05, 0) is 38.5 Å². The lowest BCUT2D eigenvalue weighted by Crippen LogP contribution is -2.41. The van der Waals surface area contributed by atoms with Gasteiger partial charge < -0.3 is 30.2 Å². The van der Waals surface area contributed by atoms with Crippen LogP contribution in [0.25, 0.3) is 0 Å². The maximum Gasteiger partial charge on any atom is 0.230 e. The molecule has 0 aromatic carbocycles. The Morgan fingerprint density at radius 1 is 0.719 bits per heavy atom. The maximum absolute atomic E-state index is 13.3. The monoisotopic (exact) mass is 458 g/mol. The third-order valence-corrected chi connectivity index (χ3v) is 5.31. The van der Waals surface area contributed by atoms with Gasteiger partial charge in [-0.1, -0.05) is 38.3 Å². The summed E-state index contributed by atoms with van der Waals surface area (Å²) >= 11 is 0. The number of aliphatic hydroxyl groups is 4. The summed E-state index contributed by atoms with van der Waals surface area (Å²) in [6.45, 7) is 3.56. The van der Waals surface area contributed by atoms with Gasteiger partial charge >= 0.3 is 0 Å². The molecule has 1 atom stereocenters. The van der Waals surface area contributed by atoms with E-state index >= 15 is 0 Å². The molecule has 32 heavy (non-hydrogen) atoms. The molecule has 0 aliphatic rings. The predicted octanol–water partition coefficient (Wildman–Crippen LogP) is 1.71. The second-order valence-corrected chi connectivity index (χ2v) is 8.10. The van der Waals surface area contributed by atoms with Gasteiger partial charge in [-0.25, -0.2) is 0 Å². The average Bonchev–Trinajstić information content (AvgIpc) is 2.80. The van der Waals surface area contributed by atoms with Crippen LogP contribution in [0.1, 0.15) is 71.1 Å². The second-order valence-electron chi connectivity index (χ2n) is 8.10. The van der Waals surface area contributed by atoms with E-state index in [0.29, 0.717) is 51.9 Å². The van der Waals surface area contributed by atoms with Gasteiger partial charge in [0.05, 0.1) is 5.92 Å². The van der Waals surface area contributed by atoms with Crippen molar-refractivity contribution in [3.63, 3.8) is 0 Å². The number of nitrogens with zero attached hydrogens (tertiary/aromatic N) is 2. The zero-order chi connectivity index (χ0) is 24.0. The lowest BCUT2D eigenvalue weighted by Gasteiger charge is -2.28. The van der Waals surface area contributed by atoms with Crippen LogP contribution in [-0.2, 0) is 9.59 Å². The number of unbranched alkanes of at least 4 members (excludes halogenated alkanes) is 4. The summed E-state index contributed by atoms with van der Waals surface area (Å²) in [6.07, 6.45) is 11.0. The molecule has 0 aromatic rings. The highest BCUT2D eigenvalue weighted by Gasteiger charge is 2.26. The Bertz CT molecular complexity index is 485. The van der Waals surface area contributed by atoms with Crippen molar-refractivity contribution in [2.24, 2.45) is 5.92 Å². The van der Waals surface area contributed by atoms with Crippen LogP contribution < -0.4 is 0 Å². The van der Waals surface area contributed by atoms with Gasteiger partial charge in [-0.2, -0.15) is 0 Å². The van der Waals surface area contributed by atoms with Crippen molar-refractivity contribution in [1.82, 2.24) is 9.80 Å². The average molecular weight is 459 g/mol. The molecule has 8 nitrogen and oxygen atoms in total. The van der Waals surface area contributed by atoms with E-state index in [1.807, 2.05) is 12.2 Å². The highest BCUT2D eigenvalue weighted by molar-refractivity contribution is 5.87. The Morgan fingerprint density at radius 2 is 1.22 bits per heavy atom. The van der Waals surface area contributed by atoms with E-state index in [1.165, 1.54) is 6.42 Å². The van der Waals surface area contributed by atoms with Crippen LogP contribution in [-0.4, -0.2) is 94.6 Å². The van der Waals surface area contributed by atoms with E-state index in [-0.39, 0.29) is 44.7 Å². The van der Waals surface area contributed by atoms with Gasteiger partial charge in [0.15, 0.2) is 0 Å². The molecule has 0 spiro atoms. The van der Waals surface area contributed by atoms with Crippen LogP contribution in [0.3, 0.4) is 0 Å². The first-order valence-electron chi connectivity index (χ1n) is 12.2. The molecule has 0 aliphatic carbocycles. The maximum atomic E-state index is 13.3. The Balaban J connectivity index is 5.35. The van der Waals surface area contributed by atoms with Gasteiger partial charge in [-0.3, -0.25) is 9.59 Å². The fourth-order valence-electron chi connectivity index (χ4n) is 3.48. The zero-order valence-electron chi connectivity index (χ0n) is 20.0. The molecule has 0 radical (unpaired) electrons. The van der Waals surface area contributed by atoms with Crippen LogP contribution in [0.15, 0.2) is 12.2 Å². The van der Waals surface area contributed by atoms with Crippen LogP contribution in [0, 0.1) is 5.92 Å². The number of hydrogen-bond donors (Lipinski definition) is 4. The Kier molecular flexibility index (Phi) is 20.4. The molecule has 0 saturated heterocycles.